The van der Waals surface area contributed by atoms with E-state index in [1.54, 1.807) is 65.6 Å². The highest BCUT2D eigenvalue weighted by atomic mass is 35.5. The molecule has 4 aliphatic heterocycles. The summed E-state index contributed by atoms with van der Waals surface area (Å²) in [5, 5.41) is 12.3. The smallest absolute Gasteiger partial charge is 0.268 e. The number of nitrogens with one attached hydrogen (secondary N) is 3. The van der Waals surface area contributed by atoms with Crippen molar-refractivity contribution in [3.05, 3.63) is 114 Å². The SMILES string of the molecule is CC1(CCOc2ccn(-c3ccc(C(=O)NS(=O)(=O)c4ccc(OCCCCC5CNC(C)(C)C5)cc4)c(Cl)n3)n2)CC1.CC1(CCOc2ccn(-c3ccc4c(n3)N3CC(CCCCOc5ccc(cc5)S(=O)(=O)NC4=O)CC3(C)C)n2)CC1. The van der Waals surface area contributed by atoms with Crippen molar-refractivity contribution in [3.8, 4) is 34.9 Å². The van der Waals surface area contributed by atoms with Crippen molar-refractivity contribution in [1.29, 1.82) is 0 Å². The number of nitrogens with zero attached hydrogens (tertiary/aromatic N) is 7. The van der Waals surface area contributed by atoms with Crippen LogP contribution in [0, 0.1) is 22.7 Å². The lowest BCUT2D eigenvalue weighted by molar-refractivity contribution is 0.0972. The quantitative estimate of drug-likeness (QED) is 0.0505. The minimum absolute atomic E-state index is 0.0139. The lowest BCUT2D eigenvalue weighted by atomic mass is 9.93. The van der Waals surface area contributed by atoms with Crippen molar-refractivity contribution in [1.82, 2.24) is 44.3 Å². The van der Waals surface area contributed by atoms with Crippen LogP contribution in [-0.2, 0) is 20.0 Å². The van der Waals surface area contributed by atoms with Crippen LogP contribution >= 0.6 is 11.6 Å². The number of hydrogen-bond donors (Lipinski definition) is 3. The van der Waals surface area contributed by atoms with E-state index >= 15 is 0 Å². The Bertz CT molecular complexity index is 3570. The van der Waals surface area contributed by atoms with Crippen LogP contribution in [0.1, 0.15) is 152 Å². The Kier molecular flexibility index (Phi) is 18.3. The molecule has 12 rings (SSSR count). The van der Waals surface area contributed by atoms with Gasteiger partial charge in [-0.3, -0.25) is 9.59 Å². The molecule has 2 atom stereocenters. The zero-order valence-corrected chi connectivity index (χ0v) is 51.8. The van der Waals surface area contributed by atoms with Crippen LogP contribution < -0.4 is 38.6 Å². The summed E-state index contributed by atoms with van der Waals surface area (Å²) in [4.78, 5) is 37.6. The molecule has 2 saturated heterocycles. The van der Waals surface area contributed by atoms with Gasteiger partial charge in [-0.15, -0.1) is 10.2 Å². The zero-order valence-electron chi connectivity index (χ0n) is 49.4. The van der Waals surface area contributed by atoms with Gasteiger partial charge < -0.3 is 29.2 Å². The lowest BCUT2D eigenvalue weighted by Gasteiger charge is -2.34. The number of fused-ring (bicyclic) bond motifs is 8. The van der Waals surface area contributed by atoms with E-state index in [1.165, 1.54) is 73.2 Å². The van der Waals surface area contributed by atoms with Crippen LogP contribution in [0.25, 0.3) is 11.6 Å². The van der Waals surface area contributed by atoms with Crippen molar-refractivity contribution in [2.75, 3.05) is 44.4 Å². The van der Waals surface area contributed by atoms with Crippen molar-refractivity contribution >= 4 is 49.3 Å². The molecule has 3 N–H and O–H groups in total. The largest absolute Gasteiger partial charge is 0.494 e. The molecule has 85 heavy (non-hydrogen) atoms. The average molecular weight is 1220 g/mol. The number of pyridine rings is 2. The predicted molar refractivity (Wildman–Crippen MR) is 323 cm³/mol. The van der Waals surface area contributed by atoms with Gasteiger partial charge in [0.15, 0.2) is 11.6 Å². The first-order chi connectivity index (χ1) is 40.4. The van der Waals surface area contributed by atoms with Gasteiger partial charge in [-0.05, 0) is 220 Å². The topological polar surface area (TPSA) is 240 Å². The van der Waals surface area contributed by atoms with E-state index in [0.717, 1.165) is 64.3 Å². The number of sulfonamides is 2. The van der Waals surface area contributed by atoms with Crippen LogP contribution in [0.5, 0.6) is 23.3 Å². The highest BCUT2D eigenvalue weighted by Crippen LogP contribution is 2.49. The third kappa shape index (κ3) is 16.0. The third-order valence-corrected chi connectivity index (χ3v) is 20.0. The molecule has 456 valence electrons. The number of halogens is 1. The number of unbranched alkanes of at least 4 members (excludes halogenated alkanes) is 1. The Morgan fingerprint density at radius 3 is 2.01 bits per heavy atom. The van der Waals surface area contributed by atoms with Gasteiger partial charge in [-0.25, -0.2) is 45.6 Å². The highest BCUT2D eigenvalue weighted by Gasteiger charge is 2.42. The molecule has 20 nitrogen and oxygen atoms in total. The summed E-state index contributed by atoms with van der Waals surface area (Å²) in [5.41, 5.74) is 0.845. The molecule has 6 aliphatic rings. The molecule has 0 spiro atoms. The molecule has 23 heteroatoms. The van der Waals surface area contributed by atoms with Crippen LogP contribution in [0.15, 0.2) is 107 Å². The minimum atomic E-state index is -4.14. The number of carbonyl (C=O) groups excluding carboxylic acids is 2. The van der Waals surface area contributed by atoms with Crippen LogP contribution in [0.2, 0.25) is 5.15 Å². The molecule has 4 fully saturated rings. The monoisotopic (exact) mass is 1220 g/mol. The number of ether oxygens (including phenoxy) is 4. The van der Waals surface area contributed by atoms with E-state index in [-0.39, 0.29) is 37.1 Å². The molecule has 8 heterocycles. The molecular weight excluding hydrogens is 1140 g/mol. The van der Waals surface area contributed by atoms with Gasteiger partial charge >= 0.3 is 0 Å². The lowest BCUT2D eigenvalue weighted by Crippen LogP contribution is -2.41. The summed E-state index contributed by atoms with van der Waals surface area (Å²) < 4.78 is 82.8. The molecule has 0 radical (unpaired) electrons. The van der Waals surface area contributed by atoms with Gasteiger partial charge in [-0.2, -0.15) is 0 Å². The second-order valence-electron chi connectivity index (χ2n) is 25.4. The Morgan fingerprint density at radius 2 is 1.40 bits per heavy atom. The Labute approximate surface area is 504 Å². The molecule has 2 saturated carbocycles. The third-order valence-electron chi connectivity index (χ3n) is 17.1. The normalized spacial score (nSPS) is 20.6. The minimum Gasteiger partial charge on any atom is -0.494 e. The maximum absolute atomic E-state index is 13.6. The first-order valence-electron chi connectivity index (χ1n) is 29.6. The van der Waals surface area contributed by atoms with Crippen LogP contribution in [0.4, 0.5) is 5.82 Å². The van der Waals surface area contributed by atoms with Gasteiger partial charge in [0.1, 0.15) is 22.5 Å². The predicted octanol–water partition coefficient (Wildman–Crippen LogP) is 10.7. The highest BCUT2D eigenvalue weighted by molar-refractivity contribution is 7.90. The Morgan fingerprint density at radius 1 is 0.765 bits per heavy atom. The maximum Gasteiger partial charge on any atom is 0.268 e. The second kappa shape index (κ2) is 25.3. The number of benzene rings is 2. The Balaban J connectivity index is 0.000000189. The van der Waals surface area contributed by atoms with Crippen LogP contribution in [0.3, 0.4) is 0 Å². The first kappa shape index (κ1) is 61.3. The number of carbonyl (C=O) groups is 2. The van der Waals surface area contributed by atoms with Gasteiger partial charge in [0.25, 0.3) is 31.9 Å². The van der Waals surface area contributed by atoms with E-state index in [0.29, 0.717) is 96.4 Å². The number of rotatable bonds is 19. The molecule has 4 aromatic heterocycles. The van der Waals surface area contributed by atoms with Crippen molar-refractivity contribution in [2.45, 2.75) is 152 Å². The first-order valence-corrected chi connectivity index (χ1v) is 33.0. The second-order valence-corrected chi connectivity index (χ2v) is 29.1. The maximum atomic E-state index is 13.6. The standard InChI is InChI=1S/C31H40ClN5O5S.C31H39N5O5S/c1-30(2)20-22(21-33-30)6-4-5-18-41-23-7-9-24(10-8-23)43(39,40)36-29(38)25-11-12-26(34-28(25)32)37-17-13-27(35-37)42-19-16-31(3)14-15-31;1-30(2)20-22-6-4-5-18-40-23-7-9-24(10-8-23)42(38,39)34-29(37)25-11-12-26(32-28(25)35(30)21-22)36-17-13-27(33-36)41-19-16-31(3)14-15-31/h7-13,17,22,33H,4-6,14-16,18-21H2,1-3H3,(H,36,38);7-13,17,22H,4-6,14-16,18-21H2,1-3H3,(H,34,37). The summed E-state index contributed by atoms with van der Waals surface area (Å²) in [6, 6.07) is 21.9. The number of aromatic nitrogens is 6. The van der Waals surface area contributed by atoms with Crippen molar-refractivity contribution in [2.24, 2.45) is 22.7 Å². The average Bonchev–Trinajstić information content (AvgIpc) is 3.02. The molecule has 2 aromatic carbocycles. The van der Waals surface area contributed by atoms with E-state index in [9.17, 15) is 26.4 Å². The summed E-state index contributed by atoms with van der Waals surface area (Å²) in [6.07, 6.45) is 18.6. The Hall–Kier alpha value is -6.75. The summed E-state index contributed by atoms with van der Waals surface area (Å²) in [7, 11) is -8.27. The van der Waals surface area contributed by atoms with E-state index in [2.05, 4.69) is 76.4 Å². The van der Waals surface area contributed by atoms with E-state index in [4.69, 9.17) is 35.5 Å². The van der Waals surface area contributed by atoms with Crippen LogP contribution in [-0.4, -0.2) is 109 Å². The van der Waals surface area contributed by atoms with Crippen molar-refractivity contribution < 1.29 is 45.4 Å². The van der Waals surface area contributed by atoms with E-state index in [1.807, 2.05) is 0 Å². The molecule has 6 aromatic rings. The fourth-order valence-electron chi connectivity index (χ4n) is 11.2. The fourth-order valence-corrected chi connectivity index (χ4v) is 13.4. The molecular formula is C62H79ClN10O10S2. The molecule has 2 amide bonds. The summed E-state index contributed by atoms with van der Waals surface area (Å²) in [5.74, 6) is 2.97. The number of hydrogen-bond acceptors (Lipinski definition) is 16. The summed E-state index contributed by atoms with van der Waals surface area (Å²) in [6.45, 7) is 17.4. The zero-order chi connectivity index (χ0) is 60.2. The van der Waals surface area contributed by atoms with Crippen molar-refractivity contribution in [3.63, 3.8) is 0 Å². The van der Waals surface area contributed by atoms with Gasteiger partial charge in [-0.1, -0.05) is 25.4 Å². The number of amides is 2. The van der Waals surface area contributed by atoms with Gasteiger partial charge in [0.05, 0.1) is 47.3 Å². The molecule has 2 aliphatic carbocycles. The van der Waals surface area contributed by atoms with Gasteiger partial charge in [0, 0.05) is 42.1 Å². The molecule has 4 bridgehead atoms. The molecule has 2 unspecified atom stereocenters. The van der Waals surface area contributed by atoms with E-state index < -0.39 is 31.9 Å². The number of anilines is 1. The fraction of sp³-hybridized carbons (Fsp3) is 0.516. The van der Waals surface area contributed by atoms with Gasteiger partial charge in [0.2, 0.25) is 11.8 Å². The summed E-state index contributed by atoms with van der Waals surface area (Å²) >= 11 is 6.28.